The third-order valence-corrected chi connectivity index (χ3v) is 0.712. The molecule has 0 amide bonds. The fourth-order valence-electron chi connectivity index (χ4n) is 0.275. The molecular formula is C4H7NO4. The number of hydrogen-bond acceptors (Lipinski definition) is 3. The Hall–Kier alpha value is -1.10. The lowest BCUT2D eigenvalue weighted by atomic mass is 10.5. The molecule has 0 rings (SSSR count). The second kappa shape index (κ2) is 3.03. The fraction of sp³-hybridized carbons (Fsp3) is 0.500. The predicted molar refractivity (Wildman–Crippen MR) is 27.9 cm³/mol. The van der Waals surface area contributed by atoms with Crippen molar-refractivity contribution in [2.24, 2.45) is 5.73 Å². The molecule has 0 aliphatic carbocycles. The number of aliphatic carboxylic acids is 2. The lowest BCUT2D eigenvalue weighted by molar-refractivity contribution is -0.144. The number of rotatable bonds is 3. The van der Waals surface area contributed by atoms with Gasteiger partial charge < -0.3 is 15.9 Å². The third kappa shape index (κ3) is 3.48. The van der Waals surface area contributed by atoms with Gasteiger partial charge in [-0.1, -0.05) is 0 Å². The molecule has 0 spiro atoms. The highest BCUT2D eigenvalue weighted by Gasteiger charge is 2.14. The average Bonchev–Trinajstić information content (AvgIpc) is 1.63. The van der Waals surface area contributed by atoms with Gasteiger partial charge in [-0.3, -0.25) is 9.59 Å². The van der Waals surface area contributed by atoms with Crippen LogP contribution in [0.2, 0.25) is 0 Å². The van der Waals surface area contributed by atoms with E-state index in [-0.39, 0.29) is 0 Å². The minimum Gasteiger partial charge on any atom is -0.481 e. The van der Waals surface area contributed by atoms with Gasteiger partial charge in [-0.15, -0.1) is 0 Å². The van der Waals surface area contributed by atoms with Crippen LogP contribution in [0.3, 0.4) is 0 Å². The van der Waals surface area contributed by atoms with Crippen molar-refractivity contribution in [2.45, 2.75) is 12.5 Å². The average molecular weight is 136 g/mol. The minimum atomic E-state index is -1.29. The monoisotopic (exact) mass is 136 g/mol. The molecular weight excluding hydrogens is 129 g/mol. The van der Waals surface area contributed by atoms with Crippen molar-refractivity contribution >= 4 is 11.9 Å². The van der Waals surface area contributed by atoms with Crippen molar-refractivity contribution in [3.8, 4) is 0 Å². The molecule has 0 saturated heterocycles. The molecule has 52 valence electrons. The molecule has 5 heteroatoms. The summed E-state index contributed by atoms with van der Waals surface area (Å²) in [5, 5.41) is 16.0. The Kier molecular flexibility index (Phi) is 2.66. The van der Waals surface area contributed by atoms with Gasteiger partial charge in [0.1, 0.15) is 6.04 Å². The number of carbonyl (C=O) groups is 2. The fourth-order valence-corrected chi connectivity index (χ4v) is 0.275. The summed E-state index contributed by atoms with van der Waals surface area (Å²) in [6, 6.07) is -1.29. The normalized spacial score (nSPS) is 12.6. The molecule has 0 aliphatic rings. The van der Waals surface area contributed by atoms with Crippen LogP contribution in [-0.2, 0) is 9.59 Å². The Balaban J connectivity index is 3.63. The molecule has 0 bridgehead atoms. The SMILES string of the molecule is [15NH2][C@@H](C[13C](=O)O)[13C](=O)O. The molecule has 1 atom stereocenters. The number of hydrogen-bond donors (Lipinski definition) is 3. The van der Waals surface area contributed by atoms with Gasteiger partial charge in [0.05, 0.1) is 6.42 Å². The summed E-state index contributed by atoms with van der Waals surface area (Å²) in [5.41, 5.74) is 4.84. The zero-order valence-electron chi connectivity index (χ0n) is 4.57. The van der Waals surface area contributed by atoms with E-state index in [0.717, 1.165) is 0 Å². The topological polar surface area (TPSA) is 101 Å². The summed E-state index contributed by atoms with van der Waals surface area (Å²) < 4.78 is 0. The van der Waals surface area contributed by atoms with Crippen molar-refractivity contribution in [3.05, 3.63) is 0 Å². The Morgan fingerprint density at radius 2 is 1.89 bits per heavy atom. The van der Waals surface area contributed by atoms with Gasteiger partial charge in [-0.25, -0.2) is 0 Å². The largest absolute Gasteiger partial charge is 0.481 e. The van der Waals surface area contributed by atoms with Gasteiger partial charge in [0.15, 0.2) is 0 Å². The second-order valence-electron chi connectivity index (χ2n) is 1.54. The van der Waals surface area contributed by atoms with Gasteiger partial charge in [0.2, 0.25) is 0 Å². The van der Waals surface area contributed by atoms with Crippen LogP contribution in [0.4, 0.5) is 0 Å². The number of carboxylic acid groups (broad SMARTS) is 2. The first-order valence-corrected chi connectivity index (χ1v) is 2.24. The van der Waals surface area contributed by atoms with Crippen LogP contribution in [0.15, 0.2) is 0 Å². The lowest BCUT2D eigenvalue weighted by Crippen LogP contribution is -2.32. The molecule has 4 N–H and O–H groups in total. The zero-order chi connectivity index (χ0) is 7.44. The van der Waals surface area contributed by atoms with Crippen molar-refractivity contribution in [1.82, 2.24) is 0 Å². The van der Waals surface area contributed by atoms with Crippen molar-refractivity contribution < 1.29 is 19.8 Å². The smallest absolute Gasteiger partial charge is 0.321 e. The van der Waals surface area contributed by atoms with E-state index in [0.29, 0.717) is 0 Å². The summed E-state index contributed by atoms with van der Waals surface area (Å²) in [5.74, 6) is -2.50. The van der Waals surface area contributed by atoms with E-state index in [1.807, 2.05) is 0 Å². The van der Waals surface area contributed by atoms with E-state index in [1.54, 1.807) is 0 Å². The Morgan fingerprint density at radius 3 is 2.00 bits per heavy atom. The lowest BCUT2D eigenvalue weighted by Gasteiger charge is -1.99. The quantitative estimate of drug-likeness (QED) is 0.336. The standard InChI is InChI=1S/C4H7NO4/c5-2(4(8)9)1-3(6)7/h2H,1,5H2,(H,6,7)(H,8,9)/t2-/m0/s1/i3+1,4+1,5+1. The molecule has 0 aromatic heterocycles. The third-order valence-electron chi connectivity index (χ3n) is 0.712. The van der Waals surface area contributed by atoms with Crippen LogP contribution in [0.5, 0.6) is 0 Å². The molecule has 0 fully saturated rings. The highest BCUT2D eigenvalue weighted by molar-refractivity contribution is 5.80. The van der Waals surface area contributed by atoms with E-state index >= 15 is 0 Å². The summed E-state index contributed by atoms with van der Waals surface area (Å²) in [4.78, 5) is 19.6. The predicted octanol–water partition coefficient (Wildman–Crippen LogP) is -1.13. The highest BCUT2D eigenvalue weighted by atomic mass is 16.5. The molecule has 0 radical (unpaired) electrons. The maximum absolute atomic E-state index is 9.85. The van der Waals surface area contributed by atoms with Gasteiger partial charge in [0.25, 0.3) is 0 Å². The molecule has 5 nitrogen and oxygen atoms in total. The van der Waals surface area contributed by atoms with Crippen LogP contribution in [0, 0.1) is 0 Å². The zero-order valence-corrected chi connectivity index (χ0v) is 4.57. The van der Waals surface area contributed by atoms with Crippen molar-refractivity contribution in [3.63, 3.8) is 0 Å². The Labute approximate surface area is 51.1 Å². The van der Waals surface area contributed by atoms with E-state index in [1.165, 1.54) is 0 Å². The molecule has 0 aromatic carbocycles. The first-order valence-electron chi connectivity index (χ1n) is 2.24. The van der Waals surface area contributed by atoms with Gasteiger partial charge >= 0.3 is 11.9 Å². The van der Waals surface area contributed by atoms with Crippen LogP contribution in [0.1, 0.15) is 6.42 Å². The minimum absolute atomic E-state index is 0.532. The van der Waals surface area contributed by atoms with Crippen molar-refractivity contribution in [2.75, 3.05) is 0 Å². The van der Waals surface area contributed by atoms with Gasteiger partial charge in [0, 0.05) is 0 Å². The van der Waals surface area contributed by atoms with E-state index < -0.39 is 24.4 Å². The van der Waals surface area contributed by atoms with Gasteiger partial charge in [-0.2, -0.15) is 0 Å². The number of carboxylic acids is 2. The van der Waals surface area contributed by atoms with Crippen molar-refractivity contribution in [1.29, 1.82) is 0 Å². The highest BCUT2D eigenvalue weighted by Crippen LogP contribution is 1.86. The summed E-state index contributed by atoms with van der Waals surface area (Å²) in [7, 11) is 0. The molecule has 0 aliphatic heterocycles. The maximum atomic E-state index is 9.85. The summed E-state index contributed by atoms with van der Waals surface area (Å²) in [6.07, 6.45) is -0.532. The van der Waals surface area contributed by atoms with Crippen LogP contribution in [-0.4, -0.2) is 28.2 Å². The number of nitrogens with two attached hydrogens (primary N) is 1. The van der Waals surface area contributed by atoms with E-state index in [4.69, 9.17) is 15.9 Å². The molecule has 0 heterocycles. The second-order valence-corrected chi connectivity index (χ2v) is 1.54. The van der Waals surface area contributed by atoms with Gasteiger partial charge in [-0.05, 0) is 0 Å². The Bertz CT molecular complexity index is 133. The van der Waals surface area contributed by atoms with E-state index in [9.17, 15) is 9.59 Å². The molecule has 0 unspecified atom stereocenters. The Morgan fingerprint density at radius 1 is 1.44 bits per heavy atom. The van der Waals surface area contributed by atoms with E-state index in [2.05, 4.69) is 0 Å². The van der Waals surface area contributed by atoms with Crippen LogP contribution < -0.4 is 5.73 Å². The summed E-state index contributed by atoms with van der Waals surface area (Å²) in [6.45, 7) is 0. The first-order chi connectivity index (χ1) is 4.04. The van der Waals surface area contributed by atoms with Crippen LogP contribution in [0.25, 0.3) is 0 Å². The molecule has 0 saturated carbocycles. The maximum Gasteiger partial charge on any atom is 0.321 e. The first kappa shape index (κ1) is 7.90. The summed E-state index contributed by atoms with van der Waals surface area (Å²) >= 11 is 0. The molecule has 9 heavy (non-hydrogen) atoms. The molecule has 0 aromatic rings. The van der Waals surface area contributed by atoms with Crippen LogP contribution >= 0.6 is 0 Å².